The van der Waals surface area contributed by atoms with E-state index in [0.29, 0.717) is 10.8 Å². The highest BCUT2D eigenvalue weighted by atomic mass is 35.5. The van der Waals surface area contributed by atoms with E-state index in [1.165, 1.54) is 11.5 Å². The van der Waals surface area contributed by atoms with Crippen LogP contribution < -0.4 is 0 Å². The zero-order valence-electron chi connectivity index (χ0n) is 4.67. The number of hydrogen-bond donors (Lipinski definition) is 0. The molecule has 0 N–H and O–H groups in total. The third-order valence-corrected chi connectivity index (χ3v) is 1.83. The first-order valence-corrected chi connectivity index (χ1v) is 3.57. The van der Waals surface area contributed by atoms with Gasteiger partial charge in [-0.3, -0.25) is 0 Å². The Morgan fingerprint density at radius 1 is 1.78 bits per heavy atom. The molecule has 2 nitrogen and oxygen atoms in total. The van der Waals surface area contributed by atoms with E-state index in [9.17, 15) is 0 Å². The summed E-state index contributed by atoms with van der Waals surface area (Å²) in [6.45, 7) is 3.55. The summed E-state index contributed by atoms with van der Waals surface area (Å²) in [5.41, 5.74) is 0.816. The Bertz CT molecular complexity index is 208. The molecular weight excluding hydrogens is 156 g/mol. The fourth-order valence-corrected chi connectivity index (χ4v) is 1.10. The van der Waals surface area contributed by atoms with Crippen molar-refractivity contribution in [3.8, 4) is 0 Å². The van der Waals surface area contributed by atoms with Gasteiger partial charge < -0.3 is 0 Å². The summed E-state index contributed by atoms with van der Waals surface area (Å²) in [5, 5.41) is 3.77. The van der Waals surface area contributed by atoms with Crippen LogP contribution in [0, 0.1) is 0 Å². The highest BCUT2D eigenvalue weighted by molar-refractivity contribution is 7.10. The standard InChI is InChI=1S/C5H5ClN2S/c1-2-3-4-5(6)9-8-7-4/h2H,1,3H2. The number of halogens is 1. The highest BCUT2D eigenvalue weighted by Gasteiger charge is 2.00. The minimum Gasteiger partial charge on any atom is -0.141 e. The molecule has 0 aromatic carbocycles. The number of rotatable bonds is 2. The summed E-state index contributed by atoms with van der Waals surface area (Å²) in [4.78, 5) is 0. The molecular formula is C5H5ClN2S. The molecule has 0 fully saturated rings. The molecule has 1 rings (SSSR count). The Labute approximate surface area is 62.3 Å². The molecule has 0 amide bonds. The van der Waals surface area contributed by atoms with Crippen molar-refractivity contribution in [3.63, 3.8) is 0 Å². The molecule has 1 aromatic heterocycles. The highest BCUT2D eigenvalue weighted by Crippen LogP contribution is 2.17. The van der Waals surface area contributed by atoms with Crippen molar-refractivity contribution in [1.29, 1.82) is 0 Å². The first kappa shape index (κ1) is 6.71. The Balaban J connectivity index is 2.80. The lowest BCUT2D eigenvalue weighted by atomic mass is 10.3. The smallest absolute Gasteiger partial charge is 0.137 e. The second-order valence-electron chi connectivity index (χ2n) is 1.49. The summed E-state index contributed by atoms with van der Waals surface area (Å²) in [6.07, 6.45) is 2.46. The van der Waals surface area contributed by atoms with Gasteiger partial charge in [-0.25, -0.2) is 0 Å². The van der Waals surface area contributed by atoms with Gasteiger partial charge in [0.05, 0.1) is 5.69 Å². The van der Waals surface area contributed by atoms with Crippen LogP contribution >= 0.6 is 23.1 Å². The maximum atomic E-state index is 5.66. The lowest BCUT2D eigenvalue weighted by Crippen LogP contribution is -1.79. The molecule has 9 heavy (non-hydrogen) atoms. The summed E-state index contributed by atoms with van der Waals surface area (Å²) in [6, 6.07) is 0. The molecule has 0 aliphatic rings. The molecule has 0 saturated carbocycles. The summed E-state index contributed by atoms with van der Waals surface area (Å²) >= 11 is 6.87. The van der Waals surface area contributed by atoms with Gasteiger partial charge in [0.1, 0.15) is 4.34 Å². The Morgan fingerprint density at radius 2 is 2.56 bits per heavy atom. The van der Waals surface area contributed by atoms with E-state index in [1.54, 1.807) is 6.08 Å². The van der Waals surface area contributed by atoms with Crippen LogP contribution in [0.15, 0.2) is 12.7 Å². The van der Waals surface area contributed by atoms with Crippen LogP contribution in [0.2, 0.25) is 4.34 Å². The first-order chi connectivity index (χ1) is 4.34. The van der Waals surface area contributed by atoms with Crippen LogP contribution in [0.3, 0.4) is 0 Å². The van der Waals surface area contributed by atoms with Crippen molar-refractivity contribution in [2.45, 2.75) is 6.42 Å². The van der Waals surface area contributed by atoms with E-state index in [2.05, 4.69) is 16.2 Å². The normalized spacial score (nSPS) is 9.44. The van der Waals surface area contributed by atoms with E-state index in [0.717, 1.165) is 5.69 Å². The molecule has 0 bridgehead atoms. The lowest BCUT2D eigenvalue weighted by molar-refractivity contribution is 1.04. The second-order valence-corrected chi connectivity index (χ2v) is 2.84. The third kappa shape index (κ3) is 1.50. The maximum Gasteiger partial charge on any atom is 0.137 e. The summed E-state index contributed by atoms with van der Waals surface area (Å²) < 4.78 is 4.31. The Kier molecular flexibility index (Phi) is 2.19. The Hall–Kier alpha value is -0.410. The predicted molar refractivity (Wildman–Crippen MR) is 38.8 cm³/mol. The number of hydrogen-bond acceptors (Lipinski definition) is 3. The molecule has 0 spiro atoms. The molecule has 1 aromatic rings. The van der Waals surface area contributed by atoms with Crippen molar-refractivity contribution >= 4 is 23.1 Å². The van der Waals surface area contributed by atoms with Gasteiger partial charge in [0, 0.05) is 18.0 Å². The second kappa shape index (κ2) is 2.94. The fraction of sp³-hybridized carbons (Fsp3) is 0.200. The Morgan fingerprint density at radius 3 is 3.00 bits per heavy atom. The van der Waals surface area contributed by atoms with Gasteiger partial charge in [-0.05, 0) is 0 Å². The van der Waals surface area contributed by atoms with Crippen LogP contribution in [-0.4, -0.2) is 9.59 Å². The van der Waals surface area contributed by atoms with Gasteiger partial charge in [-0.1, -0.05) is 22.2 Å². The van der Waals surface area contributed by atoms with Gasteiger partial charge in [-0.2, -0.15) is 0 Å². The van der Waals surface area contributed by atoms with Gasteiger partial charge in [0.15, 0.2) is 0 Å². The monoisotopic (exact) mass is 160 g/mol. The molecule has 0 atom stereocenters. The molecule has 0 unspecified atom stereocenters. The average molecular weight is 161 g/mol. The van der Waals surface area contributed by atoms with Crippen molar-refractivity contribution in [2.75, 3.05) is 0 Å². The summed E-state index contributed by atoms with van der Waals surface area (Å²) in [7, 11) is 0. The topological polar surface area (TPSA) is 25.8 Å². The quantitative estimate of drug-likeness (QED) is 0.618. The molecule has 4 heteroatoms. The average Bonchev–Trinajstić information content (AvgIpc) is 2.18. The first-order valence-electron chi connectivity index (χ1n) is 2.42. The molecule has 48 valence electrons. The van der Waals surface area contributed by atoms with Crippen molar-refractivity contribution in [3.05, 3.63) is 22.7 Å². The van der Waals surface area contributed by atoms with Crippen LogP contribution in [0.4, 0.5) is 0 Å². The maximum absolute atomic E-state index is 5.66. The zero-order chi connectivity index (χ0) is 6.69. The molecule has 0 aliphatic heterocycles. The van der Waals surface area contributed by atoms with E-state index >= 15 is 0 Å². The number of aromatic nitrogens is 2. The number of allylic oxidation sites excluding steroid dienone is 1. The van der Waals surface area contributed by atoms with Crippen molar-refractivity contribution < 1.29 is 0 Å². The molecule has 1 heterocycles. The fourth-order valence-electron chi connectivity index (χ4n) is 0.455. The molecule has 0 saturated heterocycles. The van der Waals surface area contributed by atoms with E-state index < -0.39 is 0 Å². The van der Waals surface area contributed by atoms with Crippen LogP contribution in [0.1, 0.15) is 5.69 Å². The van der Waals surface area contributed by atoms with Crippen LogP contribution in [-0.2, 0) is 6.42 Å². The van der Waals surface area contributed by atoms with Crippen molar-refractivity contribution in [2.24, 2.45) is 0 Å². The van der Waals surface area contributed by atoms with E-state index in [1.807, 2.05) is 0 Å². The zero-order valence-corrected chi connectivity index (χ0v) is 6.24. The minimum absolute atomic E-state index is 0.662. The van der Waals surface area contributed by atoms with Crippen molar-refractivity contribution in [1.82, 2.24) is 9.59 Å². The van der Waals surface area contributed by atoms with Crippen LogP contribution in [0.25, 0.3) is 0 Å². The van der Waals surface area contributed by atoms with Gasteiger partial charge in [0.2, 0.25) is 0 Å². The largest absolute Gasteiger partial charge is 0.141 e. The summed E-state index contributed by atoms with van der Waals surface area (Å²) in [5.74, 6) is 0. The van der Waals surface area contributed by atoms with Gasteiger partial charge >= 0.3 is 0 Å². The van der Waals surface area contributed by atoms with E-state index in [4.69, 9.17) is 11.6 Å². The number of nitrogens with zero attached hydrogens (tertiary/aromatic N) is 2. The third-order valence-electron chi connectivity index (χ3n) is 0.847. The SMILES string of the molecule is C=CCc1nnsc1Cl. The van der Waals surface area contributed by atoms with Gasteiger partial charge in [-0.15, -0.1) is 11.7 Å². The minimum atomic E-state index is 0.662. The lowest BCUT2D eigenvalue weighted by Gasteiger charge is -1.83. The molecule has 0 radical (unpaired) electrons. The van der Waals surface area contributed by atoms with Gasteiger partial charge in [0.25, 0.3) is 0 Å². The predicted octanol–water partition coefficient (Wildman–Crippen LogP) is 1.92. The van der Waals surface area contributed by atoms with E-state index in [-0.39, 0.29) is 0 Å². The molecule has 0 aliphatic carbocycles. The van der Waals surface area contributed by atoms with Crippen LogP contribution in [0.5, 0.6) is 0 Å².